The molecule has 2 rings (SSSR count). The topological polar surface area (TPSA) is 67.0 Å². The van der Waals surface area contributed by atoms with Gasteiger partial charge in [-0.3, -0.25) is 9.89 Å². The molecule has 0 fully saturated rings. The molecule has 2 N–H and O–H groups in total. The van der Waals surface area contributed by atoms with E-state index in [4.69, 9.17) is 4.74 Å². The number of aromatic nitrogens is 2. The maximum atomic E-state index is 12.0. The maximum Gasteiger partial charge on any atom is 0.251 e. The number of hydrogen-bond donors (Lipinski definition) is 2. The van der Waals surface area contributed by atoms with Gasteiger partial charge in [-0.05, 0) is 24.5 Å². The van der Waals surface area contributed by atoms with Crippen LogP contribution in [-0.2, 0) is 4.74 Å². The molecule has 0 radical (unpaired) electrons. The molecule has 2 aromatic rings. The third-order valence-electron chi connectivity index (χ3n) is 2.91. The number of rotatable bonds is 7. The van der Waals surface area contributed by atoms with Gasteiger partial charge < -0.3 is 10.1 Å². The lowest BCUT2D eigenvalue weighted by atomic mass is 10.1. The van der Waals surface area contributed by atoms with Gasteiger partial charge in [0.25, 0.3) is 5.91 Å². The Bertz CT molecular complexity index is 563. The van der Waals surface area contributed by atoms with Gasteiger partial charge in [-0.1, -0.05) is 19.9 Å². The Labute approximate surface area is 118 Å². The van der Waals surface area contributed by atoms with Crippen LogP contribution in [-0.4, -0.2) is 35.9 Å². The van der Waals surface area contributed by atoms with Crippen molar-refractivity contribution in [3.8, 4) is 0 Å². The molecule has 0 unspecified atom stereocenters. The average molecular weight is 275 g/mol. The molecule has 1 aromatic carbocycles. The van der Waals surface area contributed by atoms with Crippen molar-refractivity contribution in [1.82, 2.24) is 15.5 Å². The van der Waals surface area contributed by atoms with Crippen LogP contribution in [0.1, 0.15) is 30.6 Å². The molecule has 108 valence electrons. The predicted octanol–water partition coefficient (Wildman–Crippen LogP) is 2.36. The Balaban J connectivity index is 1.74. The van der Waals surface area contributed by atoms with Crippen molar-refractivity contribution in [2.24, 2.45) is 5.92 Å². The second-order valence-electron chi connectivity index (χ2n) is 5.25. The number of benzene rings is 1. The van der Waals surface area contributed by atoms with E-state index in [1.54, 1.807) is 6.20 Å². The van der Waals surface area contributed by atoms with E-state index in [1.165, 1.54) is 0 Å². The zero-order valence-electron chi connectivity index (χ0n) is 12.0. The summed E-state index contributed by atoms with van der Waals surface area (Å²) in [5, 5.41) is 10.7. The smallest absolute Gasteiger partial charge is 0.251 e. The number of hydrogen-bond acceptors (Lipinski definition) is 3. The first-order valence-electron chi connectivity index (χ1n) is 6.96. The zero-order chi connectivity index (χ0) is 14.4. The first-order valence-corrected chi connectivity index (χ1v) is 6.96. The van der Waals surface area contributed by atoms with E-state index in [-0.39, 0.29) is 5.91 Å². The molecule has 0 aliphatic rings. The summed E-state index contributed by atoms with van der Waals surface area (Å²) in [5.41, 5.74) is 1.52. The van der Waals surface area contributed by atoms with E-state index in [1.807, 2.05) is 18.2 Å². The van der Waals surface area contributed by atoms with Gasteiger partial charge in [-0.2, -0.15) is 5.10 Å². The molecular formula is C15H21N3O2. The number of nitrogens with one attached hydrogen (secondary N) is 2. The second-order valence-corrected chi connectivity index (χ2v) is 5.25. The van der Waals surface area contributed by atoms with Gasteiger partial charge in [-0.15, -0.1) is 0 Å². The number of carbonyl (C=O) groups excluding carboxylic acids is 1. The third-order valence-corrected chi connectivity index (χ3v) is 2.91. The molecule has 1 aromatic heterocycles. The molecule has 1 amide bonds. The van der Waals surface area contributed by atoms with Gasteiger partial charge in [0.05, 0.1) is 11.7 Å². The summed E-state index contributed by atoms with van der Waals surface area (Å²) < 4.78 is 5.47. The zero-order valence-corrected chi connectivity index (χ0v) is 12.0. The van der Waals surface area contributed by atoms with E-state index < -0.39 is 0 Å². The molecular weight excluding hydrogens is 254 g/mol. The molecule has 1 heterocycles. The lowest BCUT2D eigenvalue weighted by Crippen LogP contribution is -2.25. The third kappa shape index (κ3) is 4.06. The highest BCUT2D eigenvalue weighted by Gasteiger charge is 2.06. The van der Waals surface area contributed by atoms with Gasteiger partial charge in [0.2, 0.25) is 0 Å². The van der Waals surface area contributed by atoms with Gasteiger partial charge in [-0.25, -0.2) is 0 Å². The Morgan fingerprint density at radius 2 is 2.30 bits per heavy atom. The van der Waals surface area contributed by atoms with Crippen molar-refractivity contribution in [3.05, 3.63) is 30.0 Å². The van der Waals surface area contributed by atoms with Gasteiger partial charge in [0.1, 0.15) is 0 Å². The minimum atomic E-state index is -0.0645. The van der Waals surface area contributed by atoms with E-state index in [0.717, 1.165) is 23.9 Å². The van der Waals surface area contributed by atoms with Crippen LogP contribution in [0.4, 0.5) is 0 Å². The van der Waals surface area contributed by atoms with Crippen molar-refractivity contribution in [2.75, 3.05) is 19.8 Å². The highest BCUT2D eigenvalue weighted by Crippen LogP contribution is 2.12. The molecule has 20 heavy (non-hydrogen) atoms. The number of nitrogens with zero attached hydrogens (tertiary/aromatic N) is 1. The number of aromatic amines is 1. The van der Waals surface area contributed by atoms with Gasteiger partial charge in [0, 0.05) is 30.7 Å². The number of H-pyrrole nitrogens is 1. The quantitative estimate of drug-likeness (QED) is 0.762. The van der Waals surface area contributed by atoms with Crippen LogP contribution in [0, 0.1) is 5.92 Å². The SMILES string of the molecule is CC(C)COCCCNC(=O)c1ccc2cn[nH]c2c1. The number of fused-ring (bicyclic) bond motifs is 1. The van der Waals surface area contributed by atoms with Crippen molar-refractivity contribution in [1.29, 1.82) is 0 Å². The Hall–Kier alpha value is -1.88. The minimum absolute atomic E-state index is 0.0645. The van der Waals surface area contributed by atoms with E-state index in [9.17, 15) is 4.79 Å². The van der Waals surface area contributed by atoms with Crippen LogP contribution in [0.15, 0.2) is 24.4 Å². The van der Waals surface area contributed by atoms with Crippen LogP contribution < -0.4 is 5.32 Å². The lowest BCUT2D eigenvalue weighted by molar-refractivity contribution is 0.0925. The number of carbonyl (C=O) groups is 1. The monoisotopic (exact) mass is 275 g/mol. The normalized spacial score (nSPS) is 11.2. The second kappa shape index (κ2) is 7.05. The van der Waals surface area contributed by atoms with Crippen molar-refractivity contribution < 1.29 is 9.53 Å². The summed E-state index contributed by atoms with van der Waals surface area (Å²) in [5.74, 6) is 0.482. The number of amides is 1. The Morgan fingerprint density at radius 3 is 3.10 bits per heavy atom. The van der Waals surface area contributed by atoms with Gasteiger partial charge >= 0.3 is 0 Å². The van der Waals surface area contributed by atoms with Crippen LogP contribution in [0.25, 0.3) is 10.9 Å². The van der Waals surface area contributed by atoms with E-state index >= 15 is 0 Å². The standard InChI is InChI=1S/C15H21N3O2/c1-11(2)10-20-7-3-6-16-15(19)12-4-5-13-9-17-18-14(13)8-12/h4-5,8-9,11H,3,6-7,10H2,1-2H3,(H,16,19)(H,17,18). The highest BCUT2D eigenvalue weighted by molar-refractivity contribution is 5.97. The lowest BCUT2D eigenvalue weighted by Gasteiger charge is -2.08. The molecule has 0 atom stereocenters. The summed E-state index contributed by atoms with van der Waals surface area (Å²) in [4.78, 5) is 12.0. The van der Waals surface area contributed by atoms with Crippen LogP contribution in [0.3, 0.4) is 0 Å². The van der Waals surface area contributed by atoms with Crippen molar-refractivity contribution in [3.63, 3.8) is 0 Å². The summed E-state index contributed by atoms with van der Waals surface area (Å²) in [6.07, 6.45) is 2.56. The summed E-state index contributed by atoms with van der Waals surface area (Å²) in [6, 6.07) is 5.51. The van der Waals surface area contributed by atoms with Crippen molar-refractivity contribution in [2.45, 2.75) is 20.3 Å². The molecule has 5 nitrogen and oxygen atoms in total. The fraction of sp³-hybridized carbons (Fsp3) is 0.467. The van der Waals surface area contributed by atoms with Gasteiger partial charge in [0.15, 0.2) is 0 Å². The predicted molar refractivity (Wildman–Crippen MR) is 78.7 cm³/mol. The highest BCUT2D eigenvalue weighted by atomic mass is 16.5. The summed E-state index contributed by atoms with van der Waals surface area (Å²) in [6.45, 7) is 6.31. The summed E-state index contributed by atoms with van der Waals surface area (Å²) in [7, 11) is 0. The maximum absolute atomic E-state index is 12.0. The fourth-order valence-electron chi connectivity index (χ4n) is 1.88. The van der Waals surface area contributed by atoms with E-state index in [2.05, 4.69) is 29.4 Å². The van der Waals surface area contributed by atoms with E-state index in [0.29, 0.717) is 24.6 Å². The molecule has 0 saturated heterocycles. The fourth-order valence-corrected chi connectivity index (χ4v) is 1.88. The average Bonchev–Trinajstić information content (AvgIpc) is 2.89. The Kier molecular flexibility index (Phi) is 5.12. The van der Waals surface area contributed by atoms with Crippen LogP contribution >= 0.6 is 0 Å². The first-order chi connectivity index (χ1) is 9.66. The van der Waals surface area contributed by atoms with Crippen LogP contribution in [0.2, 0.25) is 0 Å². The van der Waals surface area contributed by atoms with Crippen LogP contribution in [0.5, 0.6) is 0 Å². The molecule has 0 aliphatic heterocycles. The summed E-state index contributed by atoms with van der Waals surface area (Å²) >= 11 is 0. The van der Waals surface area contributed by atoms with Crippen molar-refractivity contribution >= 4 is 16.8 Å². The molecule has 0 saturated carbocycles. The molecule has 0 bridgehead atoms. The molecule has 5 heteroatoms. The minimum Gasteiger partial charge on any atom is -0.381 e. The Morgan fingerprint density at radius 1 is 1.45 bits per heavy atom. The molecule has 0 spiro atoms. The number of ether oxygens (including phenoxy) is 1. The molecule has 0 aliphatic carbocycles. The largest absolute Gasteiger partial charge is 0.381 e. The first kappa shape index (κ1) is 14.5.